The van der Waals surface area contributed by atoms with Crippen LogP contribution in [0, 0.1) is 12.8 Å². The standard InChI is InChI=1S/C24H28N4O3S/c1-16(2)23(18-10-11-20-21(14-18)31-13-7-12-30-20)25-22(29)15-32-24-27-26-17(3)28(24)19-8-5-4-6-9-19/h4-6,8-11,14,16,23H,7,12-13,15H2,1-3H3,(H,25,29)/t23-/m1/s1. The molecule has 4 rings (SSSR count). The summed E-state index contributed by atoms with van der Waals surface area (Å²) < 4.78 is 13.5. The third-order valence-corrected chi connectivity index (χ3v) is 6.18. The average molecular weight is 453 g/mol. The zero-order valence-corrected chi connectivity index (χ0v) is 19.4. The van der Waals surface area contributed by atoms with Gasteiger partial charge in [-0.15, -0.1) is 10.2 Å². The van der Waals surface area contributed by atoms with Gasteiger partial charge in [0.2, 0.25) is 5.91 Å². The summed E-state index contributed by atoms with van der Waals surface area (Å²) in [5.41, 5.74) is 1.98. The molecule has 1 aliphatic rings. The SMILES string of the molecule is Cc1nnc(SCC(=O)N[C@@H](c2ccc3c(c2)OCCCO3)C(C)C)n1-c1ccccc1. The van der Waals surface area contributed by atoms with Crippen LogP contribution >= 0.6 is 11.8 Å². The highest BCUT2D eigenvalue weighted by molar-refractivity contribution is 7.99. The first-order valence-corrected chi connectivity index (χ1v) is 11.8. The van der Waals surface area contributed by atoms with E-state index in [9.17, 15) is 4.79 Å². The maximum atomic E-state index is 12.9. The summed E-state index contributed by atoms with van der Waals surface area (Å²) in [5, 5.41) is 12.3. The van der Waals surface area contributed by atoms with Gasteiger partial charge in [0.1, 0.15) is 5.82 Å². The fourth-order valence-electron chi connectivity index (χ4n) is 3.66. The molecule has 32 heavy (non-hydrogen) atoms. The van der Waals surface area contributed by atoms with Crippen LogP contribution in [0.2, 0.25) is 0 Å². The number of hydrogen-bond acceptors (Lipinski definition) is 6. The summed E-state index contributed by atoms with van der Waals surface area (Å²) in [6.45, 7) is 7.38. The Balaban J connectivity index is 1.45. The molecule has 0 radical (unpaired) electrons. The molecule has 2 heterocycles. The molecule has 0 fully saturated rings. The van der Waals surface area contributed by atoms with Gasteiger partial charge in [-0.25, -0.2) is 0 Å². The Labute approximate surface area is 192 Å². The number of nitrogens with one attached hydrogen (secondary N) is 1. The largest absolute Gasteiger partial charge is 0.490 e. The topological polar surface area (TPSA) is 78.3 Å². The summed E-state index contributed by atoms with van der Waals surface area (Å²) in [5.74, 6) is 2.68. The van der Waals surface area contributed by atoms with Crippen molar-refractivity contribution >= 4 is 17.7 Å². The van der Waals surface area contributed by atoms with Gasteiger partial charge in [0.15, 0.2) is 16.7 Å². The number of fused-ring (bicyclic) bond motifs is 1. The Kier molecular flexibility index (Phi) is 6.99. The predicted octanol–water partition coefficient (Wildman–Crippen LogP) is 4.34. The summed E-state index contributed by atoms with van der Waals surface area (Å²) in [7, 11) is 0. The highest BCUT2D eigenvalue weighted by Crippen LogP contribution is 2.34. The van der Waals surface area contributed by atoms with E-state index in [0.717, 1.165) is 35.0 Å². The first kappa shape index (κ1) is 22.2. The van der Waals surface area contributed by atoms with Crippen molar-refractivity contribution in [3.8, 4) is 17.2 Å². The highest BCUT2D eigenvalue weighted by Gasteiger charge is 2.22. The summed E-state index contributed by atoms with van der Waals surface area (Å²) in [6.07, 6.45) is 0.860. The van der Waals surface area contributed by atoms with E-state index >= 15 is 0 Å². The van der Waals surface area contributed by atoms with E-state index in [1.165, 1.54) is 11.8 Å². The smallest absolute Gasteiger partial charge is 0.230 e. The van der Waals surface area contributed by atoms with Crippen molar-refractivity contribution in [2.75, 3.05) is 19.0 Å². The lowest BCUT2D eigenvalue weighted by Crippen LogP contribution is -2.33. The Morgan fingerprint density at radius 2 is 1.84 bits per heavy atom. The number of amides is 1. The van der Waals surface area contributed by atoms with Crippen molar-refractivity contribution in [3.63, 3.8) is 0 Å². The van der Waals surface area contributed by atoms with Crippen LogP contribution in [0.3, 0.4) is 0 Å². The van der Waals surface area contributed by atoms with E-state index in [-0.39, 0.29) is 23.6 Å². The van der Waals surface area contributed by atoms with E-state index < -0.39 is 0 Å². The molecule has 7 nitrogen and oxygen atoms in total. The first-order valence-electron chi connectivity index (χ1n) is 10.8. The minimum Gasteiger partial charge on any atom is -0.490 e. The van der Waals surface area contributed by atoms with Crippen LogP contribution < -0.4 is 14.8 Å². The fraction of sp³-hybridized carbons (Fsp3) is 0.375. The molecule has 1 amide bonds. The highest BCUT2D eigenvalue weighted by atomic mass is 32.2. The summed E-state index contributed by atoms with van der Waals surface area (Å²) in [4.78, 5) is 12.9. The van der Waals surface area contributed by atoms with E-state index in [1.54, 1.807) is 0 Å². The monoisotopic (exact) mass is 452 g/mol. The van der Waals surface area contributed by atoms with E-state index in [2.05, 4.69) is 29.4 Å². The van der Waals surface area contributed by atoms with Crippen molar-refractivity contribution < 1.29 is 14.3 Å². The van der Waals surface area contributed by atoms with Gasteiger partial charge < -0.3 is 14.8 Å². The van der Waals surface area contributed by atoms with Gasteiger partial charge in [0.05, 0.1) is 25.0 Å². The Morgan fingerprint density at radius 3 is 2.59 bits per heavy atom. The zero-order chi connectivity index (χ0) is 22.5. The molecule has 168 valence electrons. The number of ether oxygens (including phenoxy) is 2. The molecule has 0 saturated carbocycles. The number of carbonyl (C=O) groups is 1. The number of para-hydroxylation sites is 1. The van der Waals surface area contributed by atoms with Crippen LogP contribution in [0.25, 0.3) is 5.69 Å². The number of hydrogen-bond donors (Lipinski definition) is 1. The van der Waals surface area contributed by atoms with Crippen LogP contribution in [-0.2, 0) is 4.79 Å². The molecule has 1 aromatic heterocycles. The molecular weight excluding hydrogens is 424 g/mol. The van der Waals surface area contributed by atoms with Gasteiger partial charge in [0, 0.05) is 12.1 Å². The minimum absolute atomic E-state index is 0.0546. The lowest BCUT2D eigenvalue weighted by molar-refractivity contribution is -0.119. The summed E-state index contributed by atoms with van der Waals surface area (Å²) in [6, 6.07) is 15.7. The van der Waals surface area contributed by atoms with Gasteiger partial charge >= 0.3 is 0 Å². The number of thioether (sulfide) groups is 1. The Morgan fingerprint density at radius 1 is 1.09 bits per heavy atom. The van der Waals surface area contributed by atoms with Gasteiger partial charge in [-0.1, -0.05) is 49.9 Å². The first-order chi connectivity index (χ1) is 15.5. The van der Waals surface area contributed by atoms with Gasteiger partial charge in [0.25, 0.3) is 0 Å². The van der Waals surface area contributed by atoms with Gasteiger partial charge in [-0.2, -0.15) is 0 Å². The zero-order valence-electron chi connectivity index (χ0n) is 18.6. The van der Waals surface area contributed by atoms with Crippen LogP contribution in [0.15, 0.2) is 53.7 Å². The number of rotatable bonds is 7. The Hall–Kier alpha value is -3.00. The van der Waals surface area contributed by atoms with Crippen LogP contribution in [-0.4, -0.2) is 39.6 Å². The molecule has 1 atom stereocenters. The third kappa shape index (κ3) is 5.07. The number of benzene rings is 2. The summed E-state index contributed by atoms with van der Waals surface area (Å²) >= 11 is 1.38. The molecular formula is C24H28N4O3S. The molecule has 0 unspecified atom stereocenters. The molecule has 0 saturated heterocycles. The van der Waals surface area contributed by atoms with E-state index in [4.69, 9.17) is 9.47 Å². The number of aromatic nitrogens is 3. The third-order valence-electron chi connectivity index (χ3n) is 5.26. The average Bonchev–Trinajstić information content (AvgIpc) is 3.01. The van der Waals surface area contributed by atoms with Crippen molar-refractivity contribution in [2.24, 2.45) is 5.92 Å². The van der Waals surface area contributed by atoms with Crippen molar-refractivity contribution in [1.29, 1.82) is 0 Å². The van der Waals surface area contributed by atoms with Gasteiger partial charge in [-0.05, 0) is 42.7 Å². The molecule has 2 aromatic carbocycles. The van der Waals surface area contributed by atoms with Crippen LogP contribution in [0.5, 0.6) is 11.5 Å². The number of carbonyl (C=O) groups excluding carboxylic acids is 1. The second-order valence-electron chi connectivity index (χ2n) is 8.04. The van der Waals surface area contributed by atoms with Crippen molar-refractivity contribution in [2.45, 2.75) is 38.4 Å². The predicted molar refractivity (Wildman–Crippen MR) is 125 cm³/mol. The van der Waals surface area contributed by atoms with E-state index in [0.29, 0.717) is 18.4 Å². The minimum atomic E-state index is -0.131. The maximum Gasteiger partial charge on any atom is 0.230 e. The van der Waals surface area contributed by atoms with Crippen LogP contribution in [0.4, 0.5) is 0 Å². The van der Waals surface area contributed by atoms with Crippen molar-refractivity contribution in [3.05, 3.63) is 59.9 Å². The van der Waals surface area contributed by atoms with Crippen LogP contribution in [0.1, 0.15) is 37.7 Å². The molecule has 8 heteroatoms. The second-order valence-corrected chi connectivity index (χ2v) is 8.98. The molecule has 1 aliphatic heterocycles. The molecule has 0 aliphatic carbocycles. The Bertz CT molecular complexity index is 1070. The quantitative estimate of drug-likeness (QED) is 0.537. The fourth-order valence-corrected chi connectivity index (χ4v) is 4.47. The maximum absolute atomic E-state index is 12.9. The molecule has 3 aromatic rings. The number of aryl methyl sites for hydroxylation is 1. The molecule has 0 bridgehead atoms. The lowest BCUT2D eigenvalue weighted by atomic mass is 9.95. The van der Waals surface area contributed by atoms with Gasteiger partial charge in [-0.3, -0.25) is 9.36 Å². The molecule has 0 spiro atoms. The number of nitrogens with zero attached hydrogens (tertiary/aromatic N) is 3. The normalized spacial score (nSPS) is 14.1. The molecule has 1 N–H and O–H groups in total. The van der Waals surface area contributed by atoms with Crippen molar-refractivity contribution in [1.82, 2.24) is 20.1 Å². The lowest BCUT2D eigenvalue weighted by Gasteiger charge is -2.24. The second kappa shape index (κ2) is 10.1. The van der Waals surface area contributed by atoms with E-state index in [1.807, 2.05) is 60.0 Å².